The van der Waals surface area contributed by atoms with Crippen molar-refractivity contribution in [3.05, 3.63) is 69.8 Å². The molecule has 0 amide bonds. The Morgan fingerprint density at radius 3 is 2.76 bits per heavy atom. The topological polar surface area (TPSA) is 73.8 Å². The molecule has 0 atom stereocenters. The summed E-state index contributed by atoms with van der Waals surface area (Å²) in [6, 6.07) is 11.3. The van der Waals surface area contributed by atoms with Crippen LogP contribution >= 0.6 is 0 Å². The highest BCUT2D eigenvalue weighted by molar-refractivity contribution is 5.76. The van der Waals surface area contributed by atoms with E-state index in [9.17, 15) is 9.18 Å². The van der Waals surface area contributed by atoms with Crippen molar-refractivity contribution in [2.75, 3.05) is 0 Å². The second-order valence-electron chi connectivity index (χ2n) is 4.69. The van der Waals surface area contributed by atoms with Gasteiger partial charge in [0.25, 0.3) is 5.56 Å². The molecule has 0 saturated heterocycles. The number of hydrogen-bond donors (Lipinski definition) is 1. The number of nitrogens with zero attached hydrogens (tertiary/aromatic N) is 3. The van der Waals surface area contributed by atoms with Crippen LogP contribution in [-0.2, 0) is 13.1 Å². The van der Waals surface area contributed by atoms with E-state index in [4.69, 9.17) is 5.73 Å². The highest BCUT2D eigenvalue weighted by Gasteiger charge is 2.09. The third-order valence-electron chi connectivity index (χ3n) is 3.34. The summed E-state index contributed by atoms with van der Waals surface area (Å²) in [6.45, 7) is 0.409. The second kappa shape index (κ2) is 5.41. The molecule has 0 unspecified atom stereocenters. The fraction of sp³-hybridized carbons (Fsp3) is 0.133. The van der Waals surface area contributed by atoms with E-state index in [1.54, 1.807) is 30.3 Å². The number of nitrogens with two attached hydrogens (primary N) is 1. The second-order valence-corrected chi connectivity index (χ2v) is 4.69. The van der Waals surface area contributed by atoms with Crippen LogP contribution in [0.25, 0.3) is 10.9 Å². The number of fused-ring (bicyclic) bond motifs is 1. The highest BCUT2D eigenvalue weighted by atomic mass is 19.1. The van der Waals surface area contributed by atoms with Gasteiger partial charge in [-0.05, 0) is 35.4 Å². The maximum absolute atomic E-state index is 13.4. The summed E-state index contributed by atoms with van der Waals surface area (Å²) in [5.74, 6) is -0.371. The van der Waals surface area contributed by atoms with Crippen molar-refractivity contribution in [3.8, 4) is 0 Å². The van der Waals surface area contributed by atoms with Crippen molar-refractivity contribution >= 4 is 10.9 Å². The first-order chi connectivity index (χ1) is 10.2. The van der Waals surface area contributed by atoms with Crippen LogP contribution < -0.4 is 11.3 Å². The molecule has 0 radical (unpaired) electrons. The lowest BCUT2D eigenvalue weighted by Gasteiger charge is -2.09. The Morgan fingerprint density at radius 2 is 1.95 bits per heavy atom. The summed E-state index contributed by atoms with van der Waals surface area (Å²) in [4.78, 5) is 12.4. The third-order valence-corrected chi connectivity index (χ3v) is 3.34. The minimum absolute atomic E-state index is 0.140. The average Bonchev–Trinajstić information content (AvgIpc) is 2.51. The zero-order valence-electron chi connectivity index (χ0n) is 11.2. The van der Waals surface area contributed by atoms with Crippen LogP contribution in [0, 0.1) is 5.82 Å². The number of benzene rings is 2. The Kier molecular flexibility index (Phi) is 3.45. The van der Waals surface area contributed by atoms with E-state index in [-0.39, 0.29) is 24.5 Å². The summed E-state index contributed by atoms with van der Waals surface area (Å²) in [7, 11) is 0. The van der Waals surface area contributed by atoms with E-state index in [1.807, 2.05) is 0 Å². The lowest BCUT2D eigenvalue weighted by Crippen LogP contribution is -2.25. The van der Waals surface area contributed by atoms with Crippen molar-refractivity contribution < 1.29 is 4.39 Å². The van der Waals surface area contributed by atoms with Crippen molar-refractivity contribution in [1.29, 1.82) is 0 Å². The Bertz CT molecular complexity index is 860. The van der Waals surface area contributed by atoms with Crippen LogP contribution in [0.2, 0.25) is 0 Å². The van der Waals surface area contributed by atoms with Gasteiger partial charge in [-0.2, -0.15) is 0 Å². The first-order valence-corrected chi connectivity index (χ1v) is 6.49. The quantitative estimate of drug-likeness (QED) is 0.789. The zero-order chi connectivity index (χ0) is 14.8. The Labute approximate surface area is 119 Å². The molecule has 5 nitrogen and oxygen atoms in total. The maximum Gasteiger partial charge on any atom is 0.277 e. The molecule has 0 fully saturated rings. The molecule has 0 bridgehead atoms. The predicted molar refractivity (Wildman–Crippen MR) is 77.2 cm³/mol. The molecule has 0 spiro atoms. The van der Waals surface area contributed by atoms with Gasteiger partial charge >= 0.3 is 0 Å². The minimum Gasteiger partial charge on any atom is -0.326 e. The highest BCUT2D eigenvalue weighted by Crippen LogP contribution is 2.12. The molecule has 3 aromatic rings. The predicted octanol–water partition coefficient (Wildman–Crippen LogP) is 1.44. The lowest BCUT2D eigenvalue weighted by molar-refractivity contribution is 0.586. The van der Waals surface area contributed by atoms with Crippen molar-refractivity contribution in [3.63, 3.8) is 0 Å². The van der Waals surface area contributed by atoms with E-state index in [1.165, 1.54) is 16.8 Å². The summed E-state index contributed by atoms with van der Waals surface area (Å²) in [6.07, 6.45) is 0. The molecule has 0 aliphatic heterocycles. The van der Waals surface area contributed by atoms with Gasteiger partial charge in [0.2, 0.25) is 0 Å². The molecule has 21 heavy (non-hydrogen) atoms. The number of rotatable bonds is 3. The van der Waals surface area contributed by atoms with Crippen molar-refractivity contribution in [2.45, 2.75) is 13.1 Å². The molecular formula is C15H13FN4O. The van der Waals surface area contributed by atoms with E-state index >= 15 is 0 Å². The lowest BCUT2D eigenvalue weighted by atomic mass is 10.1. The van der Waals surface area contributed by atoms with Gasteiger partial charge < -0.3 is 5.73 Å². The molecule has 3 rings (SSSR count). The number of hydrogen-bond acceptors (Lipinski definition) is 4. The van der Waals surface area contributed by atoms with Crippen LogP contribution in [0.15, 0.2) is 47.3 Å². The Balaban J connectivity index is 2.08. The molecule has 1 heterocycles. The van der Waals surface area contributed by atoms with Crippen molar-refractivity contribution in [1.82, 2.24) is 15.0 Å². The average molecular weight is 284 g/mol. The normalized spacial score (nSPS) is 11.0. The molecule has 6 heteroatoms. The molecule has 0 aliphatic rings. The van der Waals surface area contributed by atoms with Crippen LogP contribution in [-0.4, -0.2) is 15.0 Å². The van der Waals surface area contributed by atoms with Gasteiger partial charge in [-0.15, -0.1) is 5.10 Å². The monoisotopic (exact) mass is 284 g/mol. The maximum atomic E-state index is 13.4. The van der Waals surface area contributed by atoms with E-state index < -0.39 is 0 Å². The zero-order valence-corrected chi connectivity index (χ0v) is 11.2. The van der Waals surface area contributed by atoms with E-state index in [0.717, 1.165) is 5.56 Å². The van der Waals surface area contributed by atoms with Crippen LogP contribution in [0.3, 0.4) is 0 Å². The Morgan fingerprint density at radius 1 is 1.14 bits per heavy atom. The molecule has 1 aromatic heterocycles. The van der Waals surface area contributed by atoms with Gasteiger partial charge in [0, 0.05) is 6.54 Å². The largest absolute Gasteiger partial charge is 0.326 e. The fourth-order valence-electron chi connectivity index (χ4n) is 2.23. The summed E-state index contributed by atoms with van der Waals surface area (Å²) in [5.41, 5.74) is 7.32. The first-order valence-electron chi connectivity index (χ1n) is 6.49. The molecule has 0 saturated carbocycles. The fourth-order valence-corrected chi connectivity index (χ4v) is 2.23. The van der Waals surface area contributed by atoms with Gasteiger partial charge in [-0.3, -0.25) is 4.79 Å². The van der Waals surface area contributed by atoms with Gasteiger partial charge in [0.1, 0.15) is 11.3 Å². The molecule has 0 aliphatic carbocycles. The molecule has 106 valence electrons. The molecular weight excluding hydrogens is 271 g/mol. The van der Waals surface area contributed by atoms with Gasteiger partial charge in [-0.25, -0.2) is 9.07 Å². The van der Waals surface area contributed by atoms with Crippen LogP contribution in [0.5, 0.6) is 0 Å². The number of aromatic nitrogens is 3. The number of halogens is 1. The van der Waals surface area contributed by atoms with E-state index in [2.05, 4.69) is 10.3 Å². The summed E-state index contributed by atoms with van der Waals surface area (Å²) < 4.78 is 14.6. The van der Waals surface area contributed by atoms with Gasteiger partial charge in [-0.1, -0.05) is 23.4 Å². The summed E-state index contributed by atoms with van der Waals surface area (Å²) >= 11 is 0. The summed E-state index contributed by atoms with van der Waals surface area (Å²) in [5, 5.41) is 8.39. The molecule has 2 aromatic carbocycles. The van der Waals surface area contributed by atoms with Crippen LogP contribution in [0.4, 0.5) is 4.39 Å². The van der Waals surface area contributed by atoms with Gasteiger partial charge in [0.15, 0.2) is 0 Å². The van der Waals surface area contributed by atoms with Gasteiger partial charge in [0.05, 0.1) is 11.9 Å². The minimum atomic E-state index is -0.371. The third kappa shape index (κ3) is 2.53. The first kappa shape index (κ1) is 13.4. The SMILES string of the molecule is NCc1ccc(F)cc1Cn1nnc2ccccc2c1=O. The van der Waals surface area contributed by atoms with Crippen LogP contribution in [0.1, 0.15) is 11.1 Å². The standard InChI is InChI=1S/C15H13FN4O/c16-12-6-5-10(8-17)11(7-12)9-20-15(21)13-3-1-2-4-14(13)18-19-20/h1-7H,8-9,17H2. The van der Waals surface area contributed by atoms with E-state index in [0.29, 0.717) is 16.5 Å². The molecule has 2 N–H and O–H groups in total. The smallest absolute Gasteiger partial charge is 0.277 e. The van der Waals surface area contributed by atoms with Crippen molar-refractivity contribution in [2.24, 2.45) is 5.73 Å². The Hall–Kier alpha value is -2.60.